The molecule has 2 aromatic carbocycles. The smallest absolute Gasteiger partial charge is 0.0767 e. The summed E-state index contributed by atoms with van der Waals surface area (Å²) in [7, 11) is 0. The van der Waals surface area contributed by atoms with Crippen LogP contribution in [-0.4, -0.2) is 12.7 Å². The summed E-state index contributed by atoms with van der Waals surface area (Å²) < 4.78 is 5.85. The van der Waals surface area contributed by atoms with E-state index < -0.39 is 0 Å². The van der Waals surface area contributed by atoms with Crippen molar-refractivity contribution in [3.63, 3.8) is 0 Å². The molecule has 0 bridgehead atoms. The van der Waals surface area contributed by atoms with Crippen LogP contribution >= 0.6 is 0 Å². The SMILES string of the molecule is Cc1ccc(C(N)C2CCCCO2)c2ccccc12. The maximum Gasteiger partial charge on any atom is 0.0767 e. The average molecular weight is 255 g/mol. The van der Waals surface area contributed by atoms with E-state index >= 15 is 0 Å². The Morgan fingerprint density at radius 1 is 1.11 bits per heavy atom. The monoisotopic (exact) mass is 255 g/mol. The van der Waals surface area contributed by atoms with Crippen molar-refractivity contribution in [3.8, 4) is 0 Å². The highest BCUT2D eigenvalue weighted by atomic mass is 16.5. The van der Waals surface area contributed by atoms with Gasteiger partial charge in [0.05, 0.1) is 12.1 Å². The van der Waals surface area contributed by atoms with Gasteiger partial charge in [-0.1, -0.05) is 36.4 Å². The van der Waals surface area contributed by atoms with Gasteiger partial charge in [-0.05, 0) is 48.1 Å². The van der Waals surface area contributed by atoms with Gasteiger partial charge in [-0.25, -0.2) is 0 Å². The lowest BCUT2D eigenvalue weighted by molar-refractivity contribution is 0.000274. The molecule has 1 aliphatic rings. The fraction of sp³-hybridized carbons (Fsp3) is 0.412. The summed E-state index contributed by atoms with van der Waals surface area (Å²) in [5.41, 5.74) is 8.98. The number of hydrogen-bond donors (Lipinski definition) is 1. The first kappa shape index (κ1) is 12.6. The Hall–Kier alpha value is -1.38. The molecule has 0 amide bonds. The van der Waals surface area contributed by atoms with Crippen molar-refractivity contribution in [2.75, 3.05) is 6.61 Å². The second kappa shape index (κ2) is 5.32. The lowest BCUT2D eigenvalue weighted by Gasteiger charge is -2.29. The zero-order valence-corrected chi connectivity index (χ0v) is 11.4. The fourth-order valence-corrected chi connectivity index (χ4v) is 3.01. The van der Waals surface area contributed by atoms with E-state index in [9.17, 15) is 0 Å². The fourth-order valence-electron chi connectivity index (χ4n) is 3.01. The summed E-state index contributed by atoms with van der Waals surface area (Å²) in [6, 6.07) is 12.8. The van der Waals surface area contributed by atoms with Crippen molar-refractivity contribution in [2.24, 2.45) is 5.73 Å². The van der Waals surface area contributed by atoms with Gasteiger partial charge in [-0.2, -0.15) is 0 Å². The van der Waals surface area contributed by atoms with Crippen LogP contribution < -0.4 is 5.73 Å². The molecule has 2 unspecified atom stereocenters. The molecule has 0 saturated carbocycles. The second-order valence-corrected chi connectivity index (χ2v) is 5.45. The third-order valence-electron chi connectivity index (χ3n) is 4.15. The van der Waals surface area contributed by atoms with Crippen molar-refractivity contribution in [1.29, 1.82) is 0 Å². The third kappa shape index (κ3) is 2.38. The first-order valence-corrected chi connectivity index (χ1v) is 7.13. The minimum Gasteiger partial charge on any atom is -0.376 e. The summed E-state index contributed by atoms with van der Waals surface area (Å²) in [6.07, 6.45) is 3.63. The summed E-state index contributed by atoms with van der Waals surface area (Å²) in [6.45, 7) is 3.00. The standard InChI is InChI=1S/C17H21NO/c1-12-9-10-15(14-7-3-2-6-13(12)14)17(18)16-8-4-5-11-19-16/h2-3,6-7,9-10,16-17H,4-5,8,11,18H2,1H3. The molecule has 0 aromatic heterocycles. The predicted octanol–water partition coefficient (Wildman–Crippen LogP) is 3.72. The number of ether oxygens (including phenoxy) is 1. The van der Waals surface area contributed by atoms with E-state index in [1.54, 1.807) is 0 Å². The molecule has 2 N–H and O–H groups in total. The first-order chi connectivity index (χ1) is 9.27. The second-order valence-electron chi connectivity index (χ2n) is 5.45. The van der Waals surface area contributed by atoms with Gasteiger partial charge < -0.3 is 10.5 Å². The van der Waals surface area contributed by atoms with E-state index in [0.717, 1.165) is 19.4 Å². The van der Waals surface area contributed by atoms with Crippen LogP contribution in [0, 0.1) is 6.92 Å². The van der Waals surface area contributed by atoms with Gasteiger partial charge in [0.15, 0.2) is 0 Å². The number of rotatable bonds is 2. The first-order valence-electron chi connectivity index (χ1n) is 7.13. The van der Waals surface area contributed by atoms with Crippen LogP contribution in [0.3, 0.4) is 0 Å². The Morgan fingerprint density at radius 3 is 2.63 bits per heavy atom. The van der Waals surface area contributed by atoms with Crippen LogP contribution in [0.25, 0.3) is 10.8 Å². The van der Waals surface area contributed by atoms with Crippen LogP contribution in [0.5, 0.6) is 0 Å². The normalized spacial score (nSPS) is 21.5. The van der Waals surface area contributed by atoms with Crippen molar-refractivity contribution in [1.82, 2.24) is 0 Å². The van der Waals surface area contributed by atoms with Gasteiger partial charge in [0, 0.05) is 6.61 Å². The van der Waals surface area contributed by atoms with Crippen LogP contribution in [0.1, 0.15) is 36.4 Å². The molecule has 2 heteroatoms. The maximum absolute atomic E-state index is 6.46. The third-order valence-corrected chi connectivity index (χ3v) is 4.15. The Bertz CT molecular complexity index is 572. The zero-order valence-electron chi connectivity index (χ0n) is 11.4. The molecule has 0 radical (unpaired) electrons. The van der Waals surface area contributed by atoms with Crippen LogP contribution in [-0.2, 0) is 4.74 Å². The van der Waals surface area contributed by atoms with Crippen LogP contribution in [0.2, 0.25) is 0 Å². The van der Waals surface area contributed by atoms with E-state index in [1.165, 1.54) is 28.3 Å². The van der Waals surface area contributed by atoms with Gasteiger partial charge in [0.25, 0.3) is 0 Å². The number of aryl methyl sites for hydroxylation is 1. The molecule has 100 valence electrons. The molecule has 19 heavy (non-hydrogen) atoms. The van der Waals surface area contributed by atoms with Gasteiger partial charge in [-0.15, -0.1) is 0 Å². The van der Waals surface area contributed by atoms with E-state index in [-0.39, 0.29) is 12.1 Å². The van der Waals surface area contributed by atoms with Gasteiger partial charge in [0.1, 0.15) is 0 Å². The molecule has 2 nitrogen and oxygen atoms in total. The van der Waals surface area contributed by atoms with Crippen molar-refractivity contribution in [3.05, 3.63) is 47.5 Å². The van der Waals surface area contributed by atoms with Gasteiger partial charge >= 0.3 is 0 Å². The molecule has 2 aromatic rings. The molecule has 1 heterocycles. The molecule has 1 fully saturated rings. The highest BCUT2D eigenvalue weighted by Crippen LogP contribution is 2.31. The Balaban J connectivity index is 2.02. The molecular formula is C17H21NO. The van der Waals surface area contributed by atoms with Gasteiger partial charge in [0.2, 0.25) is 0 Å². The molecule has 0 aliphatic carbocycles. The Morgan fingerprint density at radius 2 is 1.89 bits per heavy atom. The predicted molar refractivity (Wildman–Crippen MR) is 79.2 cm³/mol. The molecule has 3 rings (SSSR count). The largest absolute Gasteiger partial charge is 0.376 e. The van der Waals surface area contributed by atoms with Crippen LogP contribution in [0.4, 0.5) is 0 Å². The van der Waals surface area contributed by atoms with E-state index in [0.29, 0.717) is 0 Å². The highest BCUT2D eigenvalue weighted by molar-refractivity contribution is 5.88. The lowest BCUT2D eigenvalue weighted by Crippen LogP contribution is -2.32. The minimum absolute atomic E-state index is 0.0224. The molecule has 1 saturated heterocycles. The minimum atomic E-state index is -0.0224. The highest BCUT2D eigenvalue weighted by Gasteiger charge is 2.24. The topological polar surface area (TPSA) is 35.2 Å². The number of fused-ring (bicyclic) bond motifs is 1. The number of nitrogens with two attached hydrogens (primary N) is 1. The molecule has 1 aliphatic heterocycles. The van der Waals surface area contributed by atoms with E-state index in [4.69, 9.17) is 10.5 Å². The maximum atomic E-state index is 6.46. The zero-order chi connectivity index (χ0) is 13.2. The quantitative estimate of drug-likeness (QED) is 0.887. The summed E-state index contributed by atoms with van der Waals surface area (Å²) in [4.78, 5) is 0. The van der Waals surface area contributed by atoms with E-state index in [2.05, 4.69) is 43.3 Å². The van der Waals surface area contributed by atoms with Crippen molar-refractivity contribution < 1.29 is 4.74 Å². The average Bonchev–Trinajstić information content (AvgIpc) is 2.48. The van der Waals surface area contributed by atoms with Crippen molar-refractivity contribution in [2.45, 2.75) is 38.3 Å². The summed E-state index contributed by atoms with van der Waals surface area (Å²) >= 11 is 0. The lowest BCUT2D eigenvalue weighted by atomic mass is 9.91. The number of hydrogen-bond acceptors (Lipinski definition) is 2. The Labute approximate surface area is 114 Å². The molecule has 0 spiro atoms. The van der Waals surface area contributed by atoms with Crippen molar-refractivity contribution >= 4 is 10.8 Å². The molecule has 2 atom stereocenters. The Kier molecular flexibility index (Phi) is 3.54. The molecular weight excluding hydrogens is 234 g/mol. The van der Waals surface area contributed by atoms with Crippen LogP contribution in [0.15, 0.2) is 36.4 Å². The summed E-state index contributed by atoms with van der Waals surface area (Å²) in [5, 5.41) is 2.57. The van der Waals surface area contributed by atoms with E-state index in [1.807, 2.05) is 0 Å². The van der Waals surface area contributed by atoms with Gasteiger partial charge in [-0.3, -0.25) is 0 Å². The summed E-state index contributed by atoms with van der Waals surface area (Å²) in [5.74, 6) is 0. The number of benzene rings is 2.